The second-order valence-electron chi connectivity index (χ2n) is 9.36. The van der Waals surface area contributed by atoms with Gasteiger partial charge in [0.25, 0.3) is 0 Å². The predicted octanol–water partition coefficient (Wildman–Crippen LogP) is 3.05. The summed E-state index contributed by atoms with van der Waals surface area (Å²) < 4.78 is 72.5. The predicted molar refractivity (Wildman–Crippen MR) is 125 cm³/mol. The summed E-state index contributed by atoms with van der Waals surface area (Å²) in [6.45, 7) is 4.05. The van der Waals surface area contributed by atoms with E-state index in [-0.39, 0.29) is 51.6 Å². The van der Waals surface area contributed by atoms with Crippen LogP contribution in [0.2, 0.25) is 0 Å². The van der Waals surface area contributed by atoms with Gasteiger partial charge in [0, 0.05) is 30.7 Å². The SMILES string of the molecule is CC(C)n1nc(C2(C)C(=O)Nc3nc(-c4nn(CCC(F)(F)C(F)(F)F)c5ccncc45)nc(N)c32)oc1=O. The number of amides is 1. The number of carbonyl (C=O) groups excluding carboxylic acids is 1. The molecule has 1 aliphatic rings. The molecule has 0 saturated carbocycles. The summed E-state index contributed by atoms with van der Waals surface area (Å²) in [5, 5.41) is 11.1. The van der Waals surface area contributed by atoms with Gasteiger partial charge in [-0.05, 0) is 26.8 Å². The smallest absolute Gasteiger partial charge is 0.391 e. The molecule has 3 N–H and O–H groups in total. The highest BCUT2D eigenvalue weighted by Gasteiger charge is 2.57. The van der Waals surface area contributed by atoms with Gasteiger partial charge >= 0.3 is 17.9 Å². The third-order valence-corrected chi connectivity index (χ3v) is 6.43. The van der Waals surface area contributed by atoms with Gasteiger partial charge in [0.2, 0.25) is 11.8 Å². The fourth-order valence-corrected chi connectivity index (χ4v) is 4.28. The molecular weight excluding hydrogens is 533 g/mol. The number of hydrogen-bond donors (Lipinski definition) is 2. The Morgan fingerprint density at radius 2 is 1.87 bits per heavy atom. The highest BCUT2D eigenvalue weighted by Crippen LogP contribution is 2.44. The number of nitrogens with two attached hydrogens (primary N) is 1. The van der Waals surface area contributed by atoms with Gasteiger partial charge in [-0.1, -0.05) is 0 Å². The molecular formula is C22H20F5N9O3. The monoisotopic (exact) mass is 553 g/mol. The molecule has 5 heterocycles. The van der Waals surface area contributed by atoms with Crippen LogP contribution in [0, 0.1) is 0 Å². The number of aromatic nitrogens is 7. The van der Waals surface area contributed by atoms with Gasteiger partial charge < -0.3 is 15.5 Å². The molecule has 17 heteroatoms. The molecule has 1 atom stereocenters. The normalized spacial score (nSPS) is 17.7. The summed E-state index contributed by atoms with van der Waals surface area (Å²) in [5.41, 5.74) is 4.84. The number of aryl methyl sites for hydroxylation is 1. The highest BCUT2D eigenvalue weighted by molar-refractivity contribution is 6.08. The zero-order valence-electron chi connectivity index (χ0n) is 20.5. The van der Waals surface area contributed by atoms with Crippen LogP contribution in [0.15, 0.2) is 27.7 Å². The molecule has 39 heavy (non-hydrogen) atoms. The van der Waals surface area contributed by atoms with E-state index in [1.165, 1.54) is 25.4 Å². The number of alkyl halides is 5. The molecule has 1 unspecified atom stereocenters. The molecule has 0 saturated heterocycles. The van der Waals surface area contributed by atoms with E-state index in [0.29, 0.717) is 0 Å². The van der Waals surface area contributed by atoms with E-state index in [4.69, 9.17) is 10.2 Å². The molecule has 0 spiro atoms. The van der Waals surface area contributed by atoms with Gasteiger partial charge in [-0.15, -0.1) is 5.10 Å². The molecule has 0 radical (unpaired) electrons. The third-order valence-electron chi connectivity index (χ3n) is 6.43. The number of halogens is 5. The van der Waals surface area contributed by atoms with Gasteiger partial charge in [-0.25, -0.2) is 14.8 Å². The maximum absolute atomic E-state index is 13.6. The summed E-state index contributed by atoms with van der Waals surface area (Å²) in [6.07, 6.45) is -4.63. The van der Waals surface area contributed by atoms with Crippen molar-refractivity contribution in [3.05, 3.63) is 40.5 Å². The van der Waals surface area contributed by atoms with Crippen molar-refractivity contribution in [3.63, 3.8) is 0 Å². The van der Waals surface area contributed by atoms with Crippen LogP contribution < -0.4 is 16.8 Å². The number of nitrogen functional groups attached to an aromatic ring is 1. The lowest BCUT2D eigenvalue weighted by Gasteiger charge is -2.19. The van der Waals surface area contributed by atoms with Crippen molar-refractivity contribution in [1.82, 2.24) is 34.5 Å². The minimum atomic E-state index is -5.72. The topological polar surface area (TPSA) is 160 Å². The van der Waals surface area contributed by atoms with Crippen LogP contribution in [0.5, 0.6) is 0 Å². The Bertz CT molecular complexity index is 1670. The number of nitrogens with one attached hydrogen (secondary N) is 1. The zero-order valence-corrected chi connectivity index (χ0v) is 20.5. The standard InChI is InChI=1S/C22H20F5N9O3/c1-9(2)36-19(38)39-18(34-36)20(3)12-14(28)30-16(31-15(12)32-17(20)37)13-10-8-29-6-4-11(10)35(33-13)7-5-21(23,24)22(25,26)27/h4,6,8-9H,5,7H2,1-3H3,(H3,28,30,31,32,37). The first-order valence-corrected chi connectivity index (χ1v) is 11.5. The quantitative estimate of drug-likeness (QED) is 0.342. The van der Waals surface area contributed by atoms with Gasteiger partial charge in [0.15, 0.2) is 11.2 Å². The summed E-state index contributed by atoms with van der Waals surface area (Å²) >= 11 is 0. The number of pyridine rings is 1. The Morgan fingerprint density at radius 1 is 1.15 bits per heavy atom. The van der Waals surface area contributed by atoms with Crippen LogP contribution in [-0.4, -0.2) is 52.5 Å². The first-order chi connectivity index (χ1) is 18.1. The number of hydrogen-bond acceptors (Lipinski definition) is 9. The number of rotatable bonds is 6. The largest absolute Gasteiger partial charge is 0.453 e. The Labute approximate surface area is 215 Å². The first-order valence-electron chi connectivity index (χ1n) is 11.5. The second kappa shape index (κ2) is 8.54. The molecule has 1 aliphatic heterocycles. The van der Waals surface area contributed by atoms with Crippen molar-refractivity contribution in [2.24, 2.45) is 0 Å². The highest BCUT2D eigenvalue weighted by atomic mass is 19.4. The van der Waals surface area contributed by atoms with E-state index in [1.54, 1.807) is 13.8 Å². The number of nitrogens with zero attached hydrogens (tertiary/aromatic N) is 7. The van der Waals surface area contributed by atoms with Crippen molar-refractivity contribution < 1.29 is 31.2 Å². The van der Waals surface area contributed by atoms with Crippen LogP contribution in [0.25, 0.3) is 22.4 Å². The Balaban J connectivity index is 1.59. The fourth-order valence-electron chi connectivity index (χ4n) is 4.28. The van der Waals surface area contributed by atoms with Gasteiger partial charge in [-0.2, -0.15) is 31.7 Å². The van der Waals surface area contributed by atoms with E-state index in [0.717, 1.165) is 9.36 Å². The summed E-state index contributed by atoms with van der Waals surface area (Å²) in [6, 6.07) is 1.03. The first kappa shape index (κ1) is 26.2. The number of fused-ring (bicyclic) bond motifs is 2. The molecule has 1 amide bonds. The van der Waals surface area contributed by atoms with Crippen molar-refractivity contribution in [3.8, 4) is 11.5 Å². The maximum atomic E-state index is 13.6. The molecule has 0 fully saturated rings. The molecule has 206 valence electrons. The van der Waals surface area contributed by atoms with Crippen LogP contribution >= 0.6 is 0 Å². The van der Waals surface area contributed by atoms with Crippen LogP contribution in [-0.2, 0) is 16.8 Å². The van der Waals surface area contributed by atoms with Gasteiger partial charge in [0.1, 0.15) is 17.3 Å². The van der Waals surface area contributed by atoms with Gasteiger partial charge in [0.05, 0.1) is 17.1 Å². The van der Waals surface area contributed by atoms with Crippen molar-refractivity contribution in [2.75, 3.05) is 11.1 Å². The average Bonchev–Trinajstić information content (AvgIpc) is 3.49. The Hall–Kier alpha value is -4.44. The van der Waals surface area contributed by atoms with Crippen LogP contribution in [0.3, 0.4) is 0 Å². The average molecular weight is 553 g/mol. The summed E-state index contributed by atoms with van der Waals surface area (Å²) in [7, 11) is 0. The van der Waals surface area contributed by atoms with E-state index in [1.807, 2.05) is 0 Å². The fraction of sp³-hybridized carbons (Fsp3) is 0.409. The van der Waals surface area contributed by atoms with E-state index < -0.39 is 42.1 Å². The second-order valence-corrected chi connectivity index (χ2v) is 9.36. The molecule has 0 aliphatic carbocycles. The lowest BCUT2D eigenvalue weighted by Crippen LogP contribution is -2.37. The maximum Gasteiger partial charge on any atom is 0.453 e. The molecule has 0 aromatic carbocycles. The number of carbonyl (C=O) groups is 1. The van der Waals surface area contributed by atoms with E-state index in [2.05, 4.69) is 30.5 Å². The minimum Gasteiger partial charge on any atom is -0.391 e. The van der Waals surface area contributed by atoms with E-state index in [9.17, 15) is 31.5 Å². The van der Waals surface area contributed by atoms with Crippen LogP contribution in [0.1, 0.15) is 44.7 Å². The Kier molecular flexibility index (Phi) is 5.73. The zero-order chi connectivity index (χ0) is 28.5. The van der Waals surface area contributed by atoms with Crippen molar-refractivity contribution in [1.29, 1.82) is 0 Å². The van der Waals surface area contributed by atoms with E-state index >= 15 is 0 Å². The molecule has 4 aromatic rings. The van der Waals surface area contributed by atoms with Gasteiger partial charge in [-0.3, -0.25) is 14.5 Å². The molecule has 0 bridgehead atoms. The van der Waals surface area contributed by atoms with Crippen LogP contribution in [0.4, 0.5) is 33.6 Å². The molecule has 12 nitrogen and oxygen atoms in total. The van der Waals surface area contributed by atoms with Crippen molar-refractivity contribution >= 4 is 28.4 Å². The molecule has 4 aromatic heterocycles. The summed E-state index contributed by atoms with van der Waals surface area (Å²) in [4.78, 5) is 37.8. The van der Waals surface area contributed by atoms with Crippen molar-refractivity contribution in [2.45, 2.75) is 57.3 Å². The lowest BCUT2D eigenvalue weighted by molar-refractivity contribution is -0.285. The summed E-state index contributed by atoms with van der Waals surface area (Å²) in [5.74, 6) is -6.98. The number of anilines is 2. The molecule has 5 rings (SSSR count). The minimum absolute atomic E-state index is 0.0126. The Morgan fingerprint density at radius 3 is 2.51 bits per heavy atom. The lowest BCUT2D eigenvalue weighted by atomic mass is 9.84. The third kappa shape index (κ3) is 3.99.